The first kappa shape index (κ1) is 13.1. The van der Waals surface area contributed by atoms with Crippen LogP contribution in [0.15, 0.2) is 0 Å². The average Bonchev–Trinajstić information content (AvgIpc) is 2.83. The first-order valence-electron chi connectivity index (χ1n) is 5.61. The summed E-state index contributed by atoms with van der Waals surface area (Å²) in [4.78, 5) is 0. The molecule has 7 heteroatoms. The summed E-state index contributed by atoms with van der Waals surface area (Å²) in [5.41, 5.74) is 0. The lowest BCUT2D eigenvalue weighted by Crippen LogP contribution is -2.32. The molecule has 0 N–H and O–H groups in total. The van der Waals surface area contributed by atoms with E-state index in [9.17, 15) is 4.57 Å². The van der Waals surface area contributed by atoms with Crippen LogP contribution >= 0.6 is 30.9 Å². The standard InChI is InChI=1S/C9H17Cl2N2O2P/c10-3-6-12(7-4-11)16(14)13-5-1-2-9(13)8-15-16/h9H,1-8H2. The summed E-state index contributed by atoms with van der Waals surface area (Å²) in [6.45, 7) is 2.57. The van der Waals surface area contributed by atoms with Gasteiger partial charge < -0.3 is 4.52 Å². The molecule has 94 valence electrons. The van der Waals surface area contributed by atoms with Crippen LogP contribution in [-0.4, -0.2) is 53.4 Å². The van der Waals surface area contributed by atoms with Crippen LogP contribution in [0.2, 0.25) is 0 Å². The quantitative estimate of drug-likeness (QED) is 0.574. The van der Waals surface area contributed by atoms with Gasteiger partial charge in [0.1, 0.15) is 0 Å². The second kappa shape index (κ2) is 5.55. The third-order valence-electron chi connectivity index (χ3n) is 3.15. The maximum absolute atomic E-state index is 12.8. The van der Waals surface area contributed by atoms with Crippen molar-refractivity contribution in [1.29, 1.82) is 0 Å². The van der Waals surface area contributed by atoms with Crippen LogP contribution in [0.1, 0.15) is 12.8 Å². The SMILES string of the molecule is O=P1(N(CCCl)CCCl)OCC2CCCN21. The molecule has 0 bridgehead atoms. The van der Waals surface area contributed by atoms with Gasteiger partial charge in [0.15, 0.2) is 0 Å². The van der Waals surface area contributed by atoms with E-state index in [0.717, 1.165) is 19.4 Å². The number of hydrogen-bond acceptors (Lipinski definition) is 2. The van der Waals surface area contributed by atoms with Crippen molar-refractivity contribution in [2.45, 2.75) is 18.9 Å². The van der Waals surface area contributed by atoms with Gasteiger partial charge in [-0.1, -0.05) is 0 Å². The van der Waals surface area contributed by atoms with E-state index in [0.29, 0.717) is 37.5 Å². The lowest BCUT2D eigenvalue weighted by molar-refractivity contribution is 0.287. The maximum Gasteiger partial charge on any atom is 0.346 e. The lowest BCUT2D eigenvalue weighted by atomic mass is 10.2. The van der Waals surface area contributed by atoms with E-state index in [1.165, 1.54) is 0 Å². The minimum atomic E-state index is -2.82. The monoisotopic (exact) mass is 286 g/mol. The Bertz CT molecular complexity index is 287. The van der Waals surface area contributed by atoms with Crippen molar-refractivity contribution in [1.82, 2.24) is 9.34 Å². The Morgan fingerprint density at radius 1 is 1.38 bits per heavy atom. The van der Waals surface area contributed by atoms with Crippen molar-refractivity contribution in [3.63, 3.8) is 0 Å². The van der Waals surface area contributed by atoms with Gasteiger partial charge in [-0.25, -0.2) is 9.34 Å². The van der Waals surface area contributed by atoms with E-state index in [1.54, 1.807) is 0 Å². The third-order valence-corrected chi connectivity index (χ3v) is 6.26. The fourth-order valence-electron chi connectivity index (χ4n) is 2.38. The fraction of sp³-hybridized carbons (Fsp3) is 1.00. The topological polar surface area (TPSA) is 32.8 Å². The lowest BCUT2D eigenvalue weighted by Gasteiger charge is -2.31. The summed E-state index contributed by atoms with van der Waals surface area (Å²) in [5.74, 6) is 0.894. The largest absolute Gasteiger partial charge is 0.346 e. The Morgan fingerprint density at radius 2 is 2.06 bits per heavy atom. The van der Waals surface area contributed by atoms with Gasteiger partial charge in [-0.05, 0) is 12.8 Å². The third kappa shape index (κ3) is 2.29. The summed E-state index contributed by atoms with van der Waals surface area (Å²) >= 11 is 11.5. The van der Waals surface area contributed by atoms with E-state index in [-0.39, 0.29) is 0 Å². The molecule has 0 spiro atoms. The molecule has 2 unspecified atom stereocenters. The summed E-state index contributed by atoms with van der Waals surface area (Å²) in [6, 6.07) is 0.332. The summed E-state index contributed by atoms with van der Waals surface area (Å²) in [6.07, 6.45) is 2.19. The van der Waals surface area contributed by atoms with Crippen LogP contribution in [0.5, 0.6) is 0 Å². The van der Waals surface area contributed by atoms with Crippen molar-refractivity contribution >= 4 is 30.9 Å². The molecular formula is C9H17Cl2N2O2P. The highest BCUT2D eigenvalue weighted by Crippen LogP contribution is 2.61. The predicted molar refractivity (Wildman–Crippen MR) is 66.3 cm³/mol. The minimum absolute atomic E-state index is 0.332. The second-order valence-corrected chi connectivity index (χ2v) is 7.15. The maximum atomic E-state index is 12.8. The molecule has 0 aromatic heterocycles. The number of rotatable bonds is 5. The molecule has 2 heterocycles. The van der Waals surface area contributed by atoms with Crippen molar-refractivity contribution in [3.8, 4) is 0 Å². The number of alkyl halides is 2. The Balaban J connectivity index is 2.12. The predicted octanol–water partition coefficient (Wildman–Crippen LogP) is 2.37. The van der Waals surface area contributed by atoms with Gasteiger partial charge in [0.25, 0.3) is 0 Å². The second-order valence-electron chi connectivity index (χ2n) is 4.08. The van der Waals surface area contributed by atoms with Gasteiger partial charge in [-0.15, -0.1) is 23.2 Å². The number of halogens is 2. The van der Waals surface area contributed by atoms with E-state index < -0.39 is 7.67 Å². The van der Waals surface area contributed by atoms with Crippen LogP contribution in [0.4, 0.5) is 0 Å². The van der Waals surface area contributed by atoms with Crippen molar-refractivity contribution in [2.75, 3.05) is 38.0 Å². The van der Waals surface area contributed by atoms with Gasteiger partial charge in [0.2, 0.25) is 0 Å². The molecular weight excluding hydrogens is 270 g/mol. The highest BCUT2D eigenvalue weighted by molar-refractivity contribution is 7.54. The molecule has 0 radical (unpaired) electrons. The number of nitrogens with zero attached hydrogens (tertiary/aromatic N) is 2. The highest BCUT2D eigenvalue weighted by Gasteiger charge is 2.49. The zero-order valence-corrected chi connectivity index (χ0v) is 11.6. The molecule has 2 atom stereocenters. The Labute approximate surface area is 106 Å². The normalized spacial score (nSPS) is 34.8. The minimum Gasteiger partial charge on any atom is -0.304 e. The Morgan fingerprint density at radius 3 is 2.69 bits per heavy atom. The van der Waals surface area contributed by atoms with E-state index in [2.05, 4.69) is 0 Å². The van der Waals surface area contributed by atoms with E-state index in [4.69, 9.17) is 27.7 Å². The first-order valence-corrected chi connectivity index (χ1v) is 8.21. The number of fused-ring (bicyclic) bond motifs is 1. The van der Waals surface area contributed by atoms with Crippen molar-refractivity contribution in [2.24, 2.45) is 0 Å². The van der Waals surface area contributed by atoms with Crippen LogP contribution in [0.3, 0.4) is 0 Å². The molecule has 2 saturated heterocycles. The molecule has 2 rings (SSSR count). The van der Waals surface area contributed by atoms with Gasteiger partial charge in [-0.2, -0.15) is 0 Å². The molecule has 2 aliphatic rings. The molecule has 0 aliphatic carbocycles. The molecule has 2 fully saturated rings. The zero-order valence-electron chi connectivity index (χ0n) is 9.15. The van der Waals surface area contributed by atoms with Crippen molar-refractivity contribution < 1.29 is 9.09 Å². The molecule has 0 aromatic rings. The molecule has 16 heavy (non-hydrogen) atoms. The van der Waals surface area contributed by atoms with Gasteiger partial charge in [0, 0.05) is 37.4 Å². The molecule has 2 aliphatic heterocycles. The molecule has 4 nitrogen and oxygen atoms in total. The van der Waals surface area contributed by atoms with Gasteiger partial charge in [-0.3, -0.25) is 4.57 Å². The molecule has 0 saturated carbocycles. The van der Waals surface area contributed by atoms with Gasteiger partial charge in [0.05, 0.1) is 6.61 Å². The summed E-state index contributed by atoms with van der Waals surface area (Å²) < 4.78 is 22.2. The Kier molecular flexibility index (Phi) is 4.56. The number of hydrogen-bond donors (Lipinski definition) is 0. The van der Waals surface area contributed by atoms with Crippen LogP contribution in [0, 0.1) is 0 Å². The summed E-state index contributed by atoms with van der Waals surface area (Å²) in [5, 5.41) is 0. The molecule has 0 aromatic carbocycles. The van der Waals surface area contributed by atoms with Crippen LogP contribution in [0.25, 0.3) is 0 Å². The molecule has 0 amide bonds. The zero-order chi connectivity index (χ0) is 11.6. The summed E-state index contributed by atoms with van der Waals surface area (Å²) in [7, 11) is -2.82. The van der Waals surface area contributed by atoms with Crippen molar-refractivity contribution in [3.05, 3.63) is 0 Å². The Hall–Kier alpha value is 0.690. The highest BCUT2D eigenvalue weighted by atomic mass is 35.5. The fourth-order valence-corrected chi connectivity index (χ4v) is 5.72. The van der Waals surface area contributed by atoms with Gasteiger partial charge >= 0.3 is 7.67 Å². The first-order chi connectivity index (χ1) is 7.72. The average molecular weight is 287 g/mol. The van der Waals surface area contributed by atoms with E-state index >= 15 is 0 Å². The van der Waals surface area contributed by atoms with Crippen LogP contribution in [-0.2, 0) is 9.09 Å². The smallest absolute Gasteiger partial charge is 0.304 e. The van der Waals surface area contributed by atoms with Crippen LogP contribution < -0.4 is 0 Å². The van der Waals surface area contributed by atoms with E-state index in [1.807, 2.05) is 9.34 Å².